The number of Topliss-reactive ketones (excluding diaryl/α,β-unsaturated/α-hetero) is 1. The van der Waals surface area contributed by atoms with E-state index in [0.29, 0.717) is 29.0 Å². The molecule has 0 aromatic heterocycles. The average Bonchev–Trinajstić information content (AvgIpc) is 3.14. The fourth-order valence-electron chi connectivity index (χ4n) is 3.60. The topological polar surface area (TPSA) is 59.1 Å². The lowest BCUT2D eigenvalue weighted by atomic mass is 10.0. The van der Waals surface area contributed by atoms with E-state index in [4.69, 9.17) is 9.47 Å². The predicted molar refractivity (Wildman–Crippen MR) is 101 cm³/mol. The maximum Gasteiger partial charge on any atom is 0.258 e. The lowest BCUT2D eigenvalue weighted by molar-refractivity contribution is 0.0544. The number of likely N-dealkylation sites (tertiary alicyclic amines) is 1. The fourth-order valence-corrected chi connectivity index (χ4v) is 3.60. The standard InChI is InChI=1S/C20H30N2O4/c1-6-9-16(23)14-12-15(19(26-5)17(13-14)25-4)20(24)21(3)18-10-8-11-22(18)7-2/h12-13,18H,6-11H2,1-5H3/t18-/m1/s1. The van der Waals surface area contributed by atoms with Crippen LogP contribution in [0.5, 0.6) is 11.5 Å². The van der Waals surface area contributed by atoms with Gasteiger partial charge in [0.1, 0.15) is 0 Å². The monoisotopic (exact) mass is 362 g/mol. The molecule has 0 bridgehead atoms. The number of hydrogen-bond donors (Lipinski definition) is 0. The Morgan fingerprint density at radius 1 is 1.23 bits per heavy atom. The molecule has 26 heavy (non-hydrogen) atoms. The third-order valence-corrected chi connectivity index (χ3v) is 5.01. The predicted octanol–water partition coefficient (Wildman–Crippen LogP) is 3.20. The van der Waals surface area contributed by atoms with Gasteiger partial charge < -0.3 is 14.4 Å². The molecule has 1 heterocycles. The van der Waals surface area contributed by atoms with Crippen LogP contribution in [0.3, 0.4) is 0 Å². The van der Waals surface area contributed by atoms with Gasteiger partial charge in [-0.25, -0.2) is 0 Å². The molecule has 1 atom stereocenters. The van der Waals surface area contributed by atoms with Gasteiger partial charge in [0.15, 0.2) is 17.3 Å². The molecular formula is C20H30N2O4. The number of carbonyl (C=O) groups excluding carboxylic acids is 2. The first-order valence-corrected chi connectivity index (χ1v) is 9.28. The summed E-state index contributed by atoms with van der Waals surface area (Å²) >= 11 is 0. The Kier molecular flexibility index (Phi) is 7.03. The highest BCUT2D eigenvalue weighted by Crippen LogP contribution is 2.35. The van der Waals surface area contributed by atoms with Crippen molar-refractivity contribution in [3.8, 4) is 11.5 Å². The zero-order valence-electron chi connectivity index (χ0n) is 16.5. The van der Waals surface area contributed by atoms with Crippen LogP contribution in [0.2, 0.25) is 0 Å². The van der Waals surface area contributed by atoms with E-state index in [1.54, 1.807) is 17.0 Å². The van der Waals surface area contributed by atoms with Crippen molar-refractivity contribution >= 4 is 11.7 Å². The van der Waals surface area contributed by atoms with E-state index in [-0.39, 0.29) is 17.9 Å². The second kappa shape index (κ2) is 9.03. The highest BCUT2D eigenvalue weighted by atomic mass is 16.5. The summed E-state index contributed by atoms with van der Waals surface area (Å²) in [5, 5.41) is 0. The summed E-state index contributed by atoms with van der Waals surface area (Å²) in [4.78, 5) is 29.6. The van der Waals surface area contributed by atoms with Crippen molar-refractivity contribution in [1.82, 2.24) is 9.80 Å². The summed E-state index contributed by atoms with van der Waals surface area (Å²) < 4.78 is 10.8. The maximum atomic E-state index is 13.2. The van der Waals surface area contributed by atoms with E-state index in [2.05, 4.69) is 11.8 Å². The van der Waals surface area contributed by atoms with Crippen LogP contribution in [0.4, 0.5) is 0 Å². The highest BCUT2D eigenvalue weighted by molar-refractivity contribution is 6.03. The quantitative estimate of drug-likeness (QED) is 0.665. The number of methoxy groups -OCH3 is 2. The molecule has 0 N–H and O–H groups in total. The molecule has 144 valence electrons. The van der Waals surface area contributed by atoms with Crippen molar-refractivity contribution in [2.24, 2.45) is 0 Å². The lowest BCUT2D eigenvalue weighted by Crippen LogP contribution is -2.45. The summed E-state index contributed by atoms with van der Waals surface area (Å²) in [6.07, 6.45) is 3.28. The Morgan fingerprint density at radius 3 is 2.54 bits per heavy atom. The second-order valence-corrected chi connectivity index (χ2v) is 6.60. The molecule has 0 saturated carbocycles. The van der Waals surface area contributed by atoms with Crippen molar-refractivity contribution < 1.29 is 19.1 Å². The van der Waals surface area contributed by atoms with Crippen LogP contribution in [0, 0.1) is 0 Å². The third-order valence-electron chi connectivity index (χ3n) is 5.01. The van der Waals surface area contributed by atoms with E-state index >= 15 is 0 Å². The van der Waals surface area contributed by atoms with Gasteiger partial charge in [0.2, 0.25) is 0 Å². The number of rotatable bonds is 8. The van der Waals surface area contributed by atoms with Gasteiger partial charge in [-0.1, -0.05) is 13.8 Å². The van der Waals surface area contributed by atoms with Gasteiger partial charge in [-0.05, 0) is 37.9 Å². The molecule has 2 rings (SSSR count). The maximum absolute atomic E-state index is 13.2. The molecule has 0 unspecified atom stereocenters. The Hall–Kier alpha value is -2.08. The van der Waals surface area contributed by atoms with Gasteiger partial charge >= 0.3 is 0 Å². The summed E-state index contributed by atoms with van der Waals surface area (Å²) in [7, 11) is 4.84. The van der Waals surface area contributed by atoms with Crippen molar-refractivity contribution in [1.29, 1.82) is 0 Å². The number of benzene rings is 1. The van der Waals surface area contributed by atoms with Crippen LogP contribution in [0.1, 0.15) is 60.2 Å². The van der Waals surface area contributed by atoms with Gasteiger partial charge in [0, 0.05) is 25.6 Å². The van der Waals surface area contributed by atoms with Gasteiger partial charge in [-0.2, -0.15) is 0 Å². The average molecular weight is 362 g/mol. The molecule has 1 aliphatic rings. The minimum absolute atomic E-state index is 0.00112. The Bertz CT molecular complexity index is 659. The Balaban J connectivity index is 2.43. The zero-order valence-corrected chi connectivity index (χ0v) is 16.5. The number of ether oxygens (including phenoxy) is 2. The van der Waals surface area contributed by atoms with Crippen molar-refractivity contribution in [2.45, 2.75) is 45.7 Å². The van der Waals surface area contributed by atoms with Crippen LogP contribution in [-0.2, 0) is 0 Å². The largest absolute Gasteiger partial charge is 0.493 e. The zero-order chi connectivity index (χ0) is 19.3. The number of ketones is 1. The molecule has 1 saturated heterocycles. The molecule has 0 aliphatic carbocycles. The number of nitrogens with zero attached hydrogens (tertiary/aromatic N) is 2. The van der Waals surface area contributed by atoms with E-state index in [1.807, 2.05) is 14.0 Å². The fraction of sp³-hybridized carbons (Fsp3) is 0.600. The van der Waals surface area contributed by atoms with Crippen LogP contribution in [0.15, 0.2) is 12.1 Å². The van der Waals surface area contributed by atoms with E-state index in [1.165, 1.54) is 14.2 Å². The molecule has 1 amide bonds. The molecule has 6 heteroatoms. The van der Waals surface area contributed by atoms with Crippen LogP contribution < -0.4 is 9.47 Å². The van der Waals surface area contributed by atoms with Crippen LogP contribution >= 0.6 is 0 Å². The van der Waals surface area contributed by atoms with E-state index in [9.17, 15) is 9.59 Å². The van der Waals surface area contributed by atoms with Gasteiger partial charge in [0.25, 0.3) is 5.91 Å². The molecule has 0 spiro atoms. The van der Waals surface area contributed by atoms with Crippen LogP contribution in [0.25, 0.3) is 0 Å². The molecule has 1 aromatic carbocycles. The number of amides is 1. The first-order valence-electron chi connectivity index (χ1n) is 9.28. The molecule has 6 nitrogen and oxygen atoms in total. The number of hydrogen-bond acceptors (Lipinski definition) is 5. The molecular weight excluding hydrogens is 332 g/mol. The third kappa shape index (κ3) is 4.01. The summed E-state index contributed by atoms with van der Waals surface area (Å²) in [5.41, 5.74) is 0.858. The minimum Gasteiger partial charge on any atom is -0.493 e. The Labute approximate surface area is 156 Å². The van der Waals surface area contributed by atoms with E-state index in [0.717, 1.165) is 32.4 Å². The summed E-state index contributed by atoms with van der Waals surface area (Å²) in [6.45, 7) is 5.95. The second-order valence-electron chi connectivity index (χ2n) is 6.60. The van der Waals surface area contributed by atoms with Crippen molar-refractivity contribution in [3.63, 3.8) is 0 Å². The Morgan fingerprint density at radius 2 is 1.96 bits per heavy atom. The first kappa shape index (κ1) is 20.2. The molecule has 1 aromatic rings. The SMILES string of the molecule is CCCC(=O)c1cc(OC)c(OC)c(C(=O)N(C)[C@H]2CCCN2CC)c1. The van der Waals surface area contributed by atoms with Crippen molar-refractivity contribution in [3.05, 3.63) is 23.3 Å². The first-order chi connectivity index (χ1) is 12.5. The summed E-state index contributed by atoms with van der Waals surface area (Å²) in [6, 6.07) is 3.30. The number of carbonyl (C=O) groups is 2. The smallest absolute Gasteiger partial charge is 0.258 e. The van der Waals surface area contributed by atoms with Gasteiger partial charge in [0.05, 0.1) is 25.9 Å². The molecule has 1 aliphatic heterocycles. The van der Waals surface area contributed by atoms with Gasteiger partial charge in [-0.15, -0.1) is 0 Å². The normalized spacial score (nSPS) is 17.2. The highest BCUT2D eigenvalue weighted by Gasteiger charge is 2.32. The van der Waals surface area contributed by atoms with Gasteiger partial charge in [-0.3, -0.25) is 14.5 Å². The van der Waals surface area contributed by atoms with Crippen LogP contribution in [-0.4, -0.2) is 62.0 Å². The minimum atomic E-state index is -0.156. The lowest BCUT2D eigenvalue weighted by Gasteiger charge is -2.32. The molecule has 1 fully saturated rings. The van der Waals surface area contributed by atoms with E-state index < -0.39 is 0 Å². The molecule has 0 radical (unpaired) electrons. The van der Waals surface area contributed by atoms with Crippen molar-refractivity contribution in [2.75, 3.05) is 34.4 Å². The summed E-state index contributed by atoms with van der Waals surface area (Å²) in [5.74, 6) is 0.626.